The average molecular weight is 391 g/mol. The van der Waals surface area contributed by atoms with Crippen molar-refractivity contribution in [3.8, 4) is 0 Å². The van der Waals surface area contributed by atoms with Gasteiger partial charge in [-0.1, -0.05) is 40.8 Å². The van der Waals surface area contributed by atoms with Crippen molar-refractivity contribution < 1.29 is 14.5 Å². The highest BCUT2D eigenvalue weighted by Gasteiger charge is 2.11. The fourth-order valence-corrected chi connectivity index (χ4v) is 2.22. The normalized spacial score (nSPS) is 12.2. The number of nitrogens with one attached hydrogen (secondary N) is 3. The Morgan fingerprint density at radius 1 is 1.44 bits per heavy atom. The van der Waals surface area contributed by atoms with Gasteiger partial charge >= 0.3 is 0 Å². The Labute approximate surface area is 154 Å². The van der Waals surface area contributed by atoms with E-state index in [1.165, 1.54) is 18.2 Å². The van der Waals surface area contributed by atoms with Gasteiger partial charge in [-0.25, -0.2) is 14.3 Å². The van der Waals surface area contributed by atoms with Gasteiger partial charge in [-0.15, -0.1) is 0 Å². The molecule has 0 saturated heterocycles. The molecule has 0 fully saturated rings. The minimum atomic E-state index is -0.564. The second-order valence-electron chi connectivity index (χ2n) is 4.42. The van der Waals surface area contributed by atoms with E-state index >= 15 is 0 Å². The van der Waals surface area contributed by atoms with Crippen LogP contribution in [0.25, 0.3) is 0 Å². The molecule has 0 aliphatic heterocycles. The molecule has 1 aromatic carbocycles. The number of rotatable bonds is 11. The Morgan fingerprint density at radius 3 is 2.88 bits per heavy atom. The lowest BCUT2D eigenvalue weighted by Gasteiger charge is -2.09. The zero-order valence-corrected chi connectivity index (χ0v) is 15.2. The molecule has 0 atom stereocenters. The van der Waals surface area contributed by atoms with Crippen LogP contribution >= 0.6 is 23.5 Å². The molecule has 0 unspecified atom stereocenters. The van der Waals surface area contributed by atoms with E-state index in [2.05, 4.69) is 37.0 Å². The first-order chi connectivity index (χ1) is 12.1. The van der Waals surface area contributed by atoms with Crippen molar-refractivity contribution in [1.82, 2.24) is 15.5 Å². The molecule has 0 aromatic heterocycles. The van der Waals surface area contributed by atoms with Gasteiger partial charge in [0.05, 0.1) is 10.7 Å². The van der Waals surface area contributed by atoms with Gasteiger partial charge in [0.25, 0.3) is 0 Å². The maximum atomic E-state index is 13.2. The second-order valence-corrected chi connectivity index (χ2v) is 5.99. The summed E-state index contributed by atoms with van der Waals surface area (Å²) in [6.07, 6.45) is 0. The van der Waals surface area contributed by atoms with Crippen molar-refractivity contribution in [1.29, 1.82) is 0 Å². The van der Waals surface area contributed by atoms with Crippen molar-refractivity contribution in [3.05, 3.63) is 29.0 Å². The smallest absolute Gasteiger partial charge is 0.176 e. The molecule has 8 nitrogen and oxygen atoms in total. The molecule has 0 bridgehead atoms. The van der Waals surface area contributed by atoms with Crippen molar-refractivity contribution in [3.63, 3.8) is 0 Å². The summed E-state index contributed by atoms with van der Waals surface area (Å²) in [5.41, 5.74) is 2.49. The van der Waals surface area contributed by atoms with Gasteiger partial charge in [-0.05, 0) is 18.2 Å². The number of aliphatic imine (C=N–C) groups is 1. The van der Waals surface area contributed by atoms with E-state index in [-0.39, 0.29) is 23.1 Å². The number of nitrogens with zero attached hydrogens (tertiary/aromatic N) is 3. The maximum absolute atomic E-state index is 13.2. The predicted molar refractivity (Wildman–Crippen MR) is 101 cm³/mol. The highest BCUT2D eigenvalue weighted by atomic mass is 35.5. The van der Waals surface area contributed by atoms with E-state index in [0.717, 1.165) is 12.3 Å². The lowest BCUT2D eigenvalue weighted by Crippen LogP contribution is -2.38. The van der Waals surface area contributed by atoms with Crippen LogP contribution < -0.4 is 15.5 Å². The van der Waals surface area contributed by atoms with Crippen LogP contribution in [0.1, 0.15) is 6.92 Å². The molecular weight excluding hydrogens is 371 g/mol. The molecule has 0 aliphatic rings. The third-order valence-corrected chi connectivity index (χ3v) is 3.66. The maximum Gasteiger partial charge on any atom is 0.176 e. The number of amidine groups is 1. The molecular formula is C14H20ClFN6O2S. The number of hydrogen-bond donors (Lipinski definition) is 4. The molecule has 138 valence electrons. The minimum Gasteiger partial charge on any atom is -0.310 e. The van der Waals surface area contributed by atoms with Crippen LogP contribution in [0.2, 0.25) is 5.02 Å². The quantitative estimate of drug-likeness (QED) is 0.152. The topological polar surface area (TPSA) is 103 Å². The summed E-state index contributed by atoms with van der Waals surface area (Å²) >= 11 is 7.33. The lowest BCUT2D eigenvalue weighted by atomic mass is 10.3. The first-order valence-corrected chi connectivity index (χ1v) is 8.67. The number of hydrogen-bond acceptors (Lipinski definition) is 8. The van der Waals surface area contributed by atoms with Crippen LogP contribution in [0.15, 0.2) is 33.5 Å². The Kier molecular flexibility index (Phi) is 10.8. The van der Waals surface area contributed by atoms with Crippen molar-refractivity contribution >= 4 is 47.5 Å². The summed E-state index contributed by atoms with van der Waals surface area (Å²) in [4.78, 5) is 8.71. The van der Waals surface area contributed by atoms with Crippen LogP contribution in [0.3, 0.4) is 0 Å². The highest BCUT2D eigenvalue weighted by Crippen LogP contribution is 2.21. The third-order valence-electron chi connectivity index (χ3n) is 2.67. The molecule has 4 N–H and O–H groups in total. The molecule has 0 amide bonds. The molecule has 1 rings (SSSR count). The Bertz CT molecular complexity index is 617. The average Bonchev–Trinajstić information content (AvgIpc) is 2.61. The van der Waals surface area contributed by atoms with Gasteiger partial charge in [-0.3, -0.25) is 15.4 Å². The molecule has 25 heavy (non-hydrogen) atoms. The summed E-state index contributed by atoms with van der Waals surface area (Å²) in [5, 5.41) is 19.3. The monoisotopic (exact) mass is 390 g/mol. The Hall–Kier alpha value is -1.72. The largest absolute Gasteiger partial charge is 0.310 e. The van der Waals surface area contributed by atoms with Gasteiger partial charge in [-0.2, -0.15) is 0 Å². The highest BCUT2D eigenvalue weighted by molar-refractivity contribution is 7.97. The summed E-state index contributed by atoms with van der Waals surface area (Å²) in [6, 6.07) is 3.89. The third kappa shape index (κ3) is 8.27. The Balaban J connectivity index is 2.80. The number of oxime groups is 2. The van der Waals surface area contributed by atoms with Crippen LogP contribution in [-0.4, -0.2) is 48.9 Å². The fraction of sp³-hybridized carbons (Fsp3) is 0.357. The first kappa shape index (κ1) is 21.3. The van der Waals surface area contributed by atoms with Gasteiger partial charge < -0.3 is 5.32 Å². The van der Waals surface area contributed by atoms with Gasteiger partial charge in [0.15, 0.2) is 5.84 Å². The van der Waals surface area contributed by atoms with Gasteiger partial charge in [0.2, 0.25) is 0 Å². The van der Waals surface area contributed by atoms with Crippen LogP contribution in [-0.2, 0) is 4.94 Å². The standard InChI is InChI=1S/C14H20ClFN6O2S/c1-3-25-19-7-6-18-9-13(22-24-17-2)14(21-23)20-10-4-5-12(16)11(15)8-10/h4-5,8,18-19,23H,2-3,6-7,9H2,1H3,(H,20,21)/b22-13+. The fourth-order valence-electron chi connectivity index (χ4n) is 1.60. The summed E-state index contributed by atoms with van der Waals surface area (Å²) in [7, 11) is 0. The van der Waals surface area contributed by atoms with Gasteiger partial charge in [0, 0.05) is 32.1 Å². The molecule has 11 heteroatoms. The van der Waals surface area contributed by atoms with Crippen molar-refractivity contribution in [2.45, 2.75) is 6.92 Å². The summed E-state index contributed by atoms with van der Waals surface area (Å²) in [6.45, 7) is 6.82. The second kappa shape index (κ2) is 12.6. The predicted octanol–water partition coefficient (Wildman–Crippen LogP) is 2.32. The van der Waals surface area contributed by atoms with E-state index in [1.54, 1.807) is 11.9 Å². The molecule has 0 radical (unpaired) electrons. The zero-order valence-electron chi connectivity index (χ0n) is 13.6. The SMILES string of the molecule is C=NO/N=C(\CNCCNSCC)C(=Nc1ccc(F)c(Cl)c1)NO. The minimum absolute atomic E-state index is 0.00489. The molecule has 0 aliphatic carbocycles. The number of halogens is 2. The summed E-state index contributed by atoms with van der Waals surface area (Å²) in [5.74, 6) is 0.401. The first-order valence-electron chi connectivity index (χ1n) is 7.31. The summed E-state index contributed by atoms with van der Waals surface area (Å²) < 4.78 is 16.4. The van der Waals surface area contributed by atoms with Gasteiger partial charge in [0.1, 0.15) is 11.5 Å². The van der Waals surface area contributed by atoms with E-state index in [0.29, 0.717) is 12.2 Å². The Morgan fingerprint density at radius 2 is 2.24 bits per heavy atom. The molecule has 0 spiro atoms. The molecule has 0 saturated carbocycles. The van der Waals surface area contributed by atoms with E-state index in [9.17, 15) is 9.60 Å². The van der Waals surface area contributed by atoms with Crippen LogP contribution in [0, 0.1) is 5.82 Å². The van der Waals surface area contributed by atoms with Crippen molar-refractivity contribution in [2.75, 3.05) is 25.4 Å². The zero-order chi connectivity index (χ0) is 18.5. The lowest BCUT2D eigenvalue weighted by molar-refractivity contribution is 0.158. The number of hydroxylamine groups is 1. The van der Waals surface area contributed by atoms with E-state index in [1.807, 2.05) is 12.4 Å². The molecule has 1 aromatic rings. The van der Waals surface area contributed by atoms with E-state index < -0.39 is 5.82 Å². The van der Waals surface area contributed by atoms with Crippen LogP contribution in [0.5, 0.6) is 0 Å². The number of benzene rings is 1. The van der Waals surface area contributed by atoms with Crippen molar-refractivity contribution in [2.24, 2.45) is 15.3 Å². The molecule has 0 heterocycles. The van der Waals surface area contributed by atoms with Crippen LogP contribution in [0.4, 0.5) is 10.1 Å². The van der Waals surface area contributed by atoms with E-state index in [4.69, 9.17) is 11.6 Å².